The van der Waals surface area contributed by atoms with Gasteiger partial charge < -0.3 is 20.1 Å². The number of Topliss-reactive ketones (excluding diaryl/α,β-unsaturated/α-hetero) is 1. The number of carbonyl (C=O) groups excluding carboxylic acids is 1. The molecule has 1 aliphatic rings. The van der Waals surface area contributed by atoms with Crippen LogP contribution in [-0.4, -0.2) is 27.2 Å². The number of rotatable bonds is 1. The monoisotopic (exact) mass is 272 g/mol. The van der Waals surface area contributed by atoms with Crippen LogP contribution in [0.4, 0.5) is 0 Å². The highest BCUT2D eigenvalue weighted by Gasteiger charge is 2.37. The third-order valence-corrected chi connectivity index (χ3v) is 3.28. The van der Waals surface area contributed by atoms with E-state index in [2.05, 4.69) is 0 Å². The van der Waals surface area contributed by atoms with Gasteiger partial charge in [0.05, 0.1) is 5.56 Å². The van der Waals surface area contributed by atoms with Crippen molar-refractivity contribution >= 4 is 5.78 Å². The van der Waals surface area contributed by atoms with Gasteiger partial charge in [-0.25, -0.2) is 0 Å². The zero-order chi connectivity index (χ0) is 14.3. The third-order valence-electron chi connectivity index (χ3n) is 3.28. The number of ether oxygens (including phenoxy) is 1. The molecule has 5 heteroatoms. The van der Waals surface area contributed by atoms with Gasteiger partial charge in [-0.3, -0.25) is 4.79 Å². The van der Waals surface area contributed by atoms with Crippen molar-refractivity contribution in [1.29, 1.82) is 0 Å². The number of aliphatic hydroxyl groups is 1. The minimum atomic E-state index is -1.40. The number of hydrogen-bond donors (Lipinski definition) is 3. The van der Waals surface area contributed by atoms with Crippen molar-refractivity contribution < 1.29 is 24.9 Å². The average molecular weight is 272 g/mol. The Labute approximate surface area is 114 Å². The summed E-state index contributed by atoms with van der Waals surface area (Å²) < 4.78 is 5.61. The maximum atomic E-state index is 12.1. The Morgan fingerprint density at radius 2 is 1.80 bits per heavy atom. The maximum absolute atomic E-state index is 12.1. The first-order chi connectivity index (χ1) is 9.58. The van der Waals surface area contributed by atoms with E-state index < -0.39 is 18.0 Å². The molecule has 0 saturated heterocycles. The lowest BCUT2D eigenvalue weighted by molar-refractivity contribution is 0.0209. The van der Waals surface area contributed by atoms with Crippen LogP contribution in [0.3, 0.4) is 0 Å². The number of ketones is 1. The van der Waals surface area contributed by atoms with Crippen molar-refractivity contribution in [3.8, 4) is 17.2 Å². The minimum Gasteiger partial charge on any atom is -0.508 e. The molecule has 0 spiro atoms. The fourth-order valence-electron chi connectivity index (χ4n) is 2.28. The summed E-state index contributed by atoms with van der Waals surface area (Å²) in [6.07, 6.45) is -2.40. The lowest BCUT2D eigenvalue weighted by Crippen LogP contribution is -2.36. The standard InChI is InChI=1S/C15H12O5/c16-8-5-6-9(11(17)7-8)15-14(19)13(18)10-3-1-2-4-12(10)20-15/h1-7,14-17,19H. The molecule has 2 aromatic rings. The van der Waals surface area contributed by atoms with Gasteiger partial charge in [0.25, 0.3) is 0 Å². The zero-order valence-electron chi connectivity index (χ0n) is 10.4. The molecular weight excluding hydrogens is 260 g/mol. The number of para-hydroxylation sites is 1. The molecule has 1 heterocycles. The molecule has 20 heavy (non-hydrogen) atoms. The topological polar surface area (TPSA) is 87.0 Å². The predicted octanol–water partition coefficient (Wildman–Crippen LogP) is 1.78. The van der Waals surface area contributed by atoms with Gasteiger partial charge in [0.1, 0.15) is 17.2 Å². The second kappa shape index (κ2) is 4.54. The Morgan fingerprint density at radius 1 is 1.05 bits per heavy atom. The van der Waals surface area contributed by atoms with Gasteiger partial charge in [-0.15, -0.1) is 0 Å². The van der Waals surface area contributed by atoms with Crippen molar-refractivity contribution in [2.45, 2.75) is 12.2 Å². The molecule has 2 atom stereocenters. The second-order valence-corrected chi connectivity index (χ2v) is 4.59. The predicted molar refractivity (Wildman–Crippen MR) is 69.9 cm³/mol. The average Bonchev–Trinajstić information content (AvgIpc) is 2.43. The van der Waals surface area contributed by atoms with Crippen LogP contribution in [0.15, 0.2) is 42.5 Å². The smallest absolute Gasteiger partial charge is 0.199 e. The first-order valence-corrected chi connectivity index (χ1v) is 6.08. The SMILES string of the molecule is O=C1c2ccccc2OC(c2ccc(O)cc2O)C1O. The third kappa shape index (κ3) is 1.88. The molecule has 0 bridgehead atoms. The molecule has 0 saturated carbocycles. The summed E-state index contributed by atoms with van der Waals surface area (Å²) in [6, 6.07) is 10.5. The largest absolute Gasteiger partial charge is 0.508 e. The highest BCUT2D eigenvalue weighted by Crippen LogP contribution is 2.38. The summed E-state index contributed by atoms with van der Waals surface area (Å²) in [5.41, 5.74) is 0.563. The van der Waals surface area contributed by atoms with E-state index in [4.69, 9.17) is 4.74 Å². The zero-order valence-corrected chi connectivity index (χ0v) is 10.4. The van der Waals surface area contributed by atoms with E-state index in [0.29, 0.717) is 11.3 Å². The van der Waals surface area contributed by atoms with Crippen LogP contribution in [0, 0.1) is 0 Å². The van der Waals surface area contributed by atoms with Crippen molar-refractivity contribution in [3.63, 3.8) is 0 Å². The van der Waals surface area contributed by atoms with Gasteiger partial charge in [-0.2, -0.15) is 0 Å². The van der Waals surface area contributed by atoms with E-state index in [-0.39, 0.29) is 17.1 Å². The number of carbonyl (C=O) groups is 1. The molecule has 0 radical (unpaired) electrons. The van der Waals surface area contributed by atoms with Crippen LogP contribution < -0.4 is 4.74 Å². The molecule has 2 unspecified atom stereocenters. The van der Waals surface area contributed by atoms with Gasteiger partial charge in [-0.1, -0.05) is 12.1 Å². The van der Waals surface area contributed by atoms with Crippen LogP contribution in [0.1, 0.15) is 22.0 Å². The Morgan fingerprint density at radius 3 is 2.55 bits per heavy atom. The molecule has 0 fully saturated rings. The highest BCUT2D eigenvalue weighted by atomic mass is 16.5. The number of benzene rings is 2. The Kier molecular flexibility index (Phi) is 2.84. The summed E-state index contributed by atoms with van der Waals surface area (Å²) in [4.78, 5) is 12.1. The number of hydrogen-bond acceptors (Lipinski definition) is 5. The van der Waals surface area contributed by atoms with Crippen molar-refractivity contribution in [1.82, 2.24) is 0 Å². The molecule has 3 rings (SSSR count). The molecule has 3 N–H and O–H groups in total. The molecule has 2 aromatic carbocycles. The first kappa shape index (κ1) is 12.5. The Balaban J connectivity index is 2.06. The molecule has 5 nitrogen and oxygen atoms in total. The molecule has 0 amide bonds. The summed E-state index contributed by atoms with van der Waals surface area (Å²) >= 11 is 0. The fraction of sp³-hybridized carbons (Fsp3) is 0.133. The highest BCUT2D eigenvalue weighted by molar-refractivity contribution is 6.03. The molecular formula is C15H12O5. The van der Waals surface area contributed by atoms with E-state index >= 15 is 0 Å². The fourth-order valence-corrected chi connectivity index (χ4v) is 2.28. The normalized spacial score (nSPS) is 21.1. The Bertz CT molecular complexity index is 680. The van der Waals surface area contributed by atoms with E-state index in [0.717, 1.165) is 6.07 Å². The Hall–Kier alpha value is -2.53. The lowest BCUT2D eigenvalue weighted by Gasteiger charge is -2.30. The summed E-state index contributed by atoms with van der Waals surface area (Å²) in [7, 11) is 0. The maximum Gasteiger partial charge on any atom is 0.199 e. The quantitative estimate of drug-likeness (QED) is 0.736. The first-order valence-electron chi connectivity index (χ1n) is 6.08. The summed E-state index contributed by atoms with van der Waals surface area (Å²) in [6.45, 7) is 0. The van der Waals surface area contributed by atoms with Gasteiger partial charge in [0.15, 0.2) is 18.0 Å². The molecule has 102 valence electrons. The summed E-state index contributed by atoms with van der Waals surface area (Å²) in [5.74, 6) is -0.436. The van der Waals surface area contributed by atoms with Crippen LogP contribution >= 0.6 is 0 Å². The van der Waals surface area contributed by atoms with Crippen molar-refractivity contribution in [3.05, 3.63) is 53.6 Å². The number of aliphatic hydroxyl groups excluding tert-OH is 1. The molecule has 1 aliphatic heterocycles. The minimum absolute atomic E-state index is 0.108. The van der Waals surface area contributed by atoms with Gasteiger partial charge in [0, 0.05) is 11.6 Å². The summed E-state index contributed by atoms with van der Waals surface area (Å²) in [5, 5.41) is 29.2. The number of phenolic OH excluding ortho intramolecular Hbond substituents is 2. The molecule has 0 aromatic heterocycles. The number of fused-ring (bicyclic) bond motifs is 1. The van der Waals surface area contributed by atoms with Crippen molar-refractivity contribution in [2.75, 3.05) is 0 Å². The van der Waals surface area contributed by atoms with Crippen molar-refractivity contribution in [2.24, 2.45) is 0 Å². The van der Waals surface area contributed by atoms with Crippen LogP contribution in [-0.2, 0) is 0 Å². The van der Waals surface area contributed by atoms with Gasteiger partial charge in [-0.05, 0) is 24.3 Å². The van der Waals surface area contributed by atoms with E-state index in [9.17, 15) is 20.1 Å². The lowest BCUT2D eigenvalue weighted by atomic mass is 9.93. The van der Waals surface area contributed by atoms with Gasteiger partial charge >= 0.3 is 0 Å². The van der Waals surface area contributed by atoms with Crippen LogP contribution in [0.5, 0.6) is 17.2 Å². The van der Waals surface area contributed by atoms with Crippen LogP contribution in [0.25, 0.3) is 0 Å². The van der Waals surface area contributed by atoms with E-state index in [1.54, 1.807) is 24.3 Å². The number of aromatic hydroxyl groups is 2. The van der Waals surface area contributed by atoms with Gasteiger partial charge in [0.2, 0.25) is 0 Å². The molecule has 0 aliphatic carbocycles. The number of phenols is 2. The van der Waals surface area contributed by atoms with E-state index in [1.807, 2.05) is 0 Å². The second-order valence-electron chi connectivity index (χ2n) is 4.59. The van der Waals surface area contributed by atoms with E-state index in [1.165, 1.54) is 12.1 Å². The van der Waals surface area contributed by atoms with Crippen LogP contribution in [0.2, 0.25) is 0 Å².